The number of aliphatic carboxylic acids is 1. The predicted octanol–water partition coefficient (Wildman–Crippen LogP) is 4.65. The molecule has 0 radical (unpaired) electrons. The maximum atomic E-state index is 10.6. The third kappa shape index (κ3) is 5.67. The van der Waals surface area contributed by atoms with Crippen LogP contribution in [-0.2, 0) is 11.4 Å². The average molecular weight is 326 g/mol. The Morgan fingerprint density at radius 2 is 1.75 bits per heavy atom. The van der Waals surface area contributed by atoms with Crippen LogP contribution in [0.15, 0.2) is 47.6 Å². The Kier molecular flexibility index (Phi) is 7.40. The highest BCUT2D eigenvalue weighted by molar-refractivity contribution is 5.81. The normalized spacial score (nSPS) is 13.2. The molecule has 0 aromatic heterocycles. The molecule has 128 valence electrons. The number of aryl methyl sites for hydroxylation is 1. The van der Waals surface area contributed by atoms with Crippen LogP contribution in [0.3, 0.4) is 0 Å². The Balaban J connectivity index is 2.97. The maximum Gasteiger partial charge on any atom is 0.328 e. The lowest BCUT2D eigenvalue weighted by Crippen LogP contribution is -1.97. The van der Waals surface area contributed by atoms with Gasteiger partial charge in [0.25, 0.3) is 0 Å². The van der Waals surface area contributed by atoms with Crippen molar-refractivity contribution >= 4 is 12.0 Å². The van der Waals surface area contributed by atoms with Crippen LogP contribution >= 0.6 is 0 Å². The zero-order valence-electron chi connectivity index (χ0n) is 15.1. The van der Waals surface area contributed by atoms with E-state index < -0.39 is 5.97 Å². The monoisotopic (exact) mass is 326 g/mol. The minimum atomic E-state index is -0.939. The van der Waals surface area contributed by atoms with Crippen molar-refractivity contribution in [1.29, 1.82) is 0 Å². The smallest absolute Gasteiger partial charge is 0.328 e. The van der Waals surface area contributed by atoms with Gasteiger partial charge in [0.2, 0.25) is 0 Å². The number of rotatable bonds is 6. The van der Waals surface area contributed by atoms with Gasteiger partial charge in [-0.1, -0.05) is 42.0 Å². The van der Waals surface area contributed by atoms with Crippen molar-refractivity contribution in [3.05, 3.63) is 75.4 Å². The lowest BCUT2D eigenvalue weighted by Gasteiger charge is -2.13. The summed E-state index contributed by atoms with van der Waals surface area (Å²) in [7, 11) is 0. The van der Waals surface area contributed by atoms with E-state index in [4.69, 9.17) is 5.11 Å². The van der Waals surface area contributed by atoms with Gasteiger partial charge in [-0.2, -0.15) is 0 Å². The molecule has 0 aliphatic heterocycles. The van der Waals surface area contributed by atoms with E-state index in [1.54, 1.807) is 13.0 Å². The molecule has 1 aromatic rings. The largest absolute Gasteiger partial charge is 0.478 e. The van der Waals surface area contributed by atoms with Gasteiger partial charge in [0.15, 0.2) is 0 Å². The molecule has 0 saturated carbocycles. The van der Waals surface area contributed by atoms with Gasteiger partial charge in [-0.25, -0.2) is 4.79 Å². The Bertz CT molecular complexity index is 732. The summed E-state index contributed by atoms with van der Waals surface area (Å²) < 4.78 is 0. The first-order chi connectivity index (χ1) is 11.3. The topological polar surface area (TPSA) is 57.5 Å². The highest BCUT2D eigenvalue weighted by atomic mass is 16.4. The minimum absolute atomic E-state index is 0.0600. The Hall–Kier alpha value is -2.39. The van der Waals surface area contributed by atoms with Gasteiger partial charge >= 0.3 is 5.97 Å². The van der Waals surface area contributed by atoms with Crippen molar-refractivity contribution in [3.8, 4) is 0 Å². The van der Waals surface area contributed by atoms with Crippen LogP contribution in [0.1, 0.15) is 41.7 Å². The first kappa shape index (κ1) is 19.7. The van der Waals surface area contributed by atoms with Crippen molar-refractivity contribution in [2.45, 2.75) is 41.2 Å². The third-order valence-electron chi connectivity index (χ3n) is 4.02. The number of carbonyl (C=O) groups is 1. The van der Waals surface area contributed by atoms with E-state index in [-0.39, 0.29) is 6.61 Å². The van der Waals surface area contributed by atoms with Crippen LogP contribution in [0, 0.1) is 20.8 Å². The fraction of sp³-hybridized carbons (Fsp3) is 0.286. The maximum absolute atomic E-state index is 10.6. The van der Waals surface area contributed by atoms with E-state index in [1.807, 2.05) is 45.1 Å². The molecule has 1 rings (SSSR count). The lowest BCUT2D eigenvalue weighted by molar-refractivity contribution is -0.131. The minimum Gasteiger partial charge on any atom is -0.478 e. The molecule has 0 unspecified atom stereocenters. The number of allylic oxidation sites excluding steroid dienone is 6. The number of hydrogen-bond acceptors (Lipinski definition) is 2. The highest BCUT2D eigenvalue weighted by Gasteiger charge is 2.07. The first-order valence-corrected chi connectivity index (χ1v) is 7.91. The van der Waals surface area contributed by atoms with Crippen molar-refractivity contribution in [2.24, 2.45) is 0 Å². The van der Waals surface area contributed by atoms with Crippen LogP contribution in [0.2, 0.25) is 0 Å². The summed E-state index contributed by atoms with van der Waals surface area (Å²) in [6.45, 7) is 9.95. The molecule has 0 aliphatic rings. The van der Waals surface area contributed by atoms with Gasteiger partial charge < -0.3 is 10.2 Å². The van der Waals surface area contributed by atoms with Gasteiger partial charge in [-0.05, 0) is 68.0 Å². The predicted molar refractivity (Wildman–Crippen MR) is 99.9 cm³/mol. The van der Waals surface area contributed by atoms with E-state index >= 15 is 0 Å². The molecule has 0 spiro atoms. The summed E-state index contributed by atoms with van der Waals surface area (Å²) in [5.74, 6) is -0.939. The highest BCUT2D eigenvalue weighted by Crippen LogP contribution is 2.23. The number of carboxylic acid groups (broad SMARTS) is 1. The summed E-state index contributed by atoms with van der Waals surface area (Å²) in [6, 6.07) is 2.03. The SMILES string of the molecule is CC(C=Cc1c(C)cc(CO)c(C)c1C)=CC=CC(C)=CC(=O)O. The van der Waals surface area contributed by atoms with Crippen molar-refractivity contribution in [2.75, 3.05) is 0 Å². The first-order valence-electron chi connectivity index (χ1n) is 7.91. The summed E-state index contributed by atoms with van der Waals surface area (Å²) in [6.07, 6.45) is 10.8. The number of carboxylic acids is 1. The van der Waals surface area contributed by atoms with Crippen LogP contribution in [0.5, 0.6) is 0 Å². The van der Waals surface area contributed by atoms with Gasteiger partial charge in [-0.15, -0.1) is 0 Å². The molecule has 0 aliphatic carbocycles. The molecule has 0 saturated heterocycles. The van der Waals surface area contributed by atoms with Crippen molar-refractivity contribution < 1.29 is 15.0 Å². The van der Waals surface area contributed by atoms with Gasteiger partial charge in [0.1, 0.15) is 0 Å². The van der Waals surface area contributed by atoms with E-state index in [0.29, 0.717) is 5.57 Å². The Morgan fingerprint density at radius 1 is 1.08 bits per heavy atom. The molecule has 3 heteroatoms. The Labute approximate surface area is 144 Å². The van der Waals surface area contributed by atoms with Crippen LogP contribution in [0.4, 0.5) is 0 Å². The molecule has 0 heterocycles. The van der Waals surface area contributed by atoms with E-state index in [9.17, 15) is 9.90 Å². The average Bonchev–Trinajstić information content (AvgIpc) is 2.50. The zero-order chi connectivity index (χ0) is 18.3. The van der Waals surface area contributed by atoms with Crippen LogP contribution in [-0.4, -0.2) is 16.2 Å². The molecule has 2 N–H and O–H groups in total. The van der Waals surface area contributed by atoms with Crippen LogP contribution < -0.4 is 0 Å². The Morgan fingerprint density at radius 3 is 2.33 bits per heavy atom. The number of benzene rings is 1. The fourth-order valence-electron chi connectivity index (χ4n) is 2.47. The summed E-state index contributed by atoms with van der Waals surface area (Å²) in [4.78, 5) is 10.6. The standard InChI is InChI=1S/C21H26O3/c1-14(7-6-8-15(2)11-21(23)24)9-10-20-16(3)12-19(13-22)17(4)18(20)5/h6-12,22H,13H2,1-5H3,(H,23,24). The van der Waals surface area contributed by atoms with Gasteiger partial charge in [0, 0.05) is 6.08 Å². The fourth-order valence-corrected chi connectivity index (χ4v) is 2.47. The van der Waals surface area contributed by atoms with Gasteiger partial charge in [-0.3, -0.25) is 0 Å². The second-order valence-electron chi connectivity index (χ2n) is 6.00. The second kappa shape index (κ2) is 9.04. The molecule has 1 aromatic carbocycles. The van der Waals surface area contributed by atoms with E-state index in [1.165, 1.54) is 17.2 Å². The number of aliphatic hydroxyl groups excluding tert-OH is 1. The molecule has 0 fully saturated rings. The molecule has 0 bridgehead atoms. The third-order valence-corrected chi connectivity index (χ3v) is 4.02. The molecular weight excluding hydrogens is 300 g/mol. The second-order valence-corrected chi connectivity index (χ2v) is 6.00. The molecule has 24 heavy (non-hydrogen) atoms. The molecule has 0 amide bonds. The number of aliphatic hydroxyl groups is 1. The van der Waals surface area contributed by atoms with Gasteiger partial charge in [0.05, 0.1) is 6.61 Å². The molecule has 0 atom stereocenters. The van der Waals surface area contributed by atoms with Crippen molar-refractivity contribution in [1.82, 2.24) is 0 Å². The van der Waals surface area contributed by atoms with E-state index in [0.717, 1.165) is 22.3 Å². The lowest BCUT2D eigenvalue weighted by atomic mass is 9.93. The molecule has 3 nitrogen and oxygen atoms in total. The van der Waals surface area contributed by atoms with E-state index in [2.05, 4.69) is 13.0 Å². The van der Waals surface area contributed by atoms with Crippen molar-refractivity contribution in [3.63, 3.8) is 0 Å². The summed E-state index contributed by atoms with van der Waals surface area (Å²) >= 11 is 0. The zero-order valence-corrected chi connectivity index (χ0v) is 15.1. The molecular formula is C21H26O3. The summed E-state index contributed by atoms with van der Waals surface area (Å²) in [5, 5.41) is 18.1. The quantitative estimate of drug-likeness (QED) is 0.591. The summed E-state index contributed by atoms with van der Waals surface area (Å²) in [5.41, 5.74) is 7.34. The van der Waals surface area contributed by atoms with Crippen LogP contribution in [0.25, 0.3) is 6.08 Å². The number of hydrogen-bond donors (Lipinski definition) is 2.